The molecule has 0 atom stereocenters. The molecule has 2 aromatic rings. The highest BCUT2D eigenvalue weighted by Crippen LogP contribution is 2.15. The lowest BCUT2D eigenvalue weighted by atomic mass is 10.2. The molecule has 0 saturated heterocycles. The number of aryl methyl sites for hydroxylation is 1. The Morgan fingerprint density at radius 1 is 1.39 bits per heavy atom. The number of benzene rings is 1. The van der Waals surface area contributed by atoms with Crippen molar-refractivity contribution in [3.8, 4) is 0 Å². The predicted molar refractivity (Wildman–Crippen MR) is 60.9 cm³/mol. The van der Waals surface area contributed by atoms with Crippen molar-refractivity contribution in [2.75, 3.05) is 0 Å². The van der Waals surface area contributed by atoms with Crippen LogP contribution in [0.1, 0.15) is 21.7 Å². The topological polar surface area (TPSA) is 60.9 Å². The molecule has 0 fully saturated rings. The van der Waals surface area contributed by atoms with Crippen molar-refractivity contribution >= 4 is 5.91 Å². The Balaban J connectivity index is 2.44. The maximum Gasteiger partial charge on any atom is 0.267 e. The number of amides is 1. The van der Waals surface area contributed by atoms with Crippen LogP contribution in [0.5, 0.6) is 0 Å². The lowest BCUT2D eigenvalue weighted by Crippen LogP contribution is -2.19. The summed E-state index contributed by atoms with van der Waals surface area (Å²) < 4.78 is 28.3. The number of primary amides is 1. The molecule has 1 aromatic heterocycles. The Morgan fingerprint density at radius 2 is 2.00 bits per heavy atom. The monoisotopic (exact) mass is 251 g/mol. The first-order valence-electron chi connectivity index (χ1n) is 5.25. The summed E-state index contributed by atoms with van der Waals surface area (Å²) in [7, 11) is 0. The van der Waals surface area contributed by atoms with Gasteiger partial charge >= 0.3 is 0 Å². The van der Waals surface area contributed by atoms with Crippen molar-refractivity contribution in [3.63, 3.8) is 0 Å². The number of carbonyl (C=O) groups excluding carboxylic acids is 1. The average molecular weight is 251 g/mol. The van der Waals surface area contributed by atoms with E-state index in [1.165, 1.54) is 17.0 Å². The fraction of sp³-hybridized carbons (Fsp3) is 0.167. The Kier molecular flexibility index (Phi) is 3.10. The second-order valence-electron chi connectivity index (χ2n) is 3.87. The number of hydrogen-bond acceptors (Lipinski definition) is 2. The van der Waals surface area contributed by atoms with E-state index >= 15 is 0 Å². The number of nitrogens with zero attached hydrogens (tertiary/aromatic N) is 2. The van der Waals surface area contributed by atoms with Crippen LogP contribution >= 0.6 is 0 Å². The van der Waals surface area contributed by atoms with Crippen LogP contribution in [-0.2, 0) is 6.54 Å². The van der Waals surface area contributed by atoms with E-state index in [1.54, 1.807) is 6.92 Å². The van der Waals surface area contributed by atoms with Crippen LogP contribution in [0.3, 0.4) is 0 Å². The summed E-state index contributed by atoms with van der Waals surface area (Å²) in [6.07, 6.45) is 1.33. The molecule has 94 valence electrons. The molecule has 6 heteroatoms. The largest absolute Gasteiger partial charge is 0.364 e. The molecule has 0 saturated carbocycles. The minimum Gasteiger partial charge on any atom is -0.364 e. The van der Waals surface area contributed by atoms with Gasteiger partial charge in [0.05, 0.1) is 18.6 Å². The maximum atomic E-state index is 13.5. The zero-order valence-corrected chi connectivity index (χ0v) is 9.65. The summed E-state index contributed by atoms with van der Waals surface area (Å²) in [6.45, 7) is 1.48. The van der Waals surface area contributed by atoms with E-state index in [0.29, 0.717) is 5.69 Å². The van der Waals surface area contributed by atoms with Crippen molar-refractivity contribution in [1.82, 2.24) is 9.55 Å². The number of halogens is 2. The zero-order chi connectivity index (χ0) is 13.3. The molecule has 2 rings (SSSR count). The van der Waals surface area contributed by atoms with Crippen LogP contribution in [0.25, 0.3) is 0 Å². The third-order valence-electron chi connectivity index (χ3n) is 2.64. The van der Waals surface area contributed by atoms with Crippen molar-refractivity contribution in [1.29, 1.82) is 0 Å². The van der Waals surface area contributed by atoms with E-state index in [1.807, 2.05) is 0 Å². The molecular weight excluding hydrogens is 240 g/mol. The number of rotatable bonds is 3. The zero-order valence-electron chi connectivity index (χ0n) is 9.65. The third kappa shape index (κ3) is 2.09. The van der Waals surface area contributed by atoms with E-state index in [-0.39, 0.29) is 17.8 Å². The second kappa shape index (κ2) is 4.56. The van der Waals surface area contributed by atoms with Gasteiger partial charge in [0.1, 0.15) is 17.3 Å². The second-order valence-corrected chi connectivity index (χ2v) is 3.87. The molecular formula is C12H11F2N3O. The first-order valence-corrected chi connectivity index (χ1v) is 5.25. The highest BCUT2D eigenvalue weighted by molar-refractivity contribution is 5.92. The number of imidazole rings is 1. The van der Waals surface area contributed by atoms with Gasteiger partial charge < -0.3 is 10.3 Å². The molecule has 0 aliphatic rings. The SMILES string of the molecule is Cc1ncn(Cc2c(F)cccc2F)c1C(N)=O. The first-order chi connectivity index (χ1) is 8.50. The van der Waals surface area contributed by atoms with E-state index in [2.05, 4.69) is 4.98 Å². The van der Waals surface area contributed by atoms with E-state index in [9.17, 15) is 13.6 Å². The Morgan fingerprint density at radius 3 is 2.56 bits per heavy atom. The minimum absolute atomic E-state index is 0.127. The van der Waals surface area contributed by atoms with Gasteiger partial charge in [-0.05, 0) is 19.1 Å². The van der Waals surface area contributed by atoms with Gasteiger partial charge in [-0.25, -0.2) is 13.8 Å². The molecule has 0 bridgehead atoms. The average Bonchev–Trinajstić information content (AvgIpc) is 2.65. The van der Waals surface area contributed by atoms with Crippen LogP contribution in [-0.4, -0.2) is 15.5 Å². The van der Waals surface area contributed by atoms with Crippen LogP contribution in [0, 0.1) is 18.6 Å². The summed E-state index contributed by atoms with van der Waals surface area (Å²) in [4.78, 5) is 15.1. The molecule has 0 aliphatic carbocycles. The molecule has 0 aliphatic heterocycles. The van der Waals surface area contributed by atoms with Crippen molar-refractivity contribution < 1.29 is 13.6 Å². The Bertz CT molecular complexity index is 587. The maximum absolute atomic E-state index is 13.5. The minimum atomic E-state index is -0.679. The molecule has 0 unspecified atom stereocenters. The van der Waals surface area contributed by atoms with Gasteiger partial charge in [0, 0.05) is 5.56 Å². The van der Waals surface area contributed by atoms with E-state index in [0.717, 1.165) is 12.1 Å². The van der Waals surface area contributed by atoms with Crippen LogP contribution in [0.2, 0.25) is 0 Å². The molecule has 18 heavy (non-hydrogen) atoms. The molecule has 1 aromatic carbocycles. The third-order valence-corrected chi connectivity index (χ3v) is 2.64. The van der Waals surface area contributed by atoms with Gasteiger partial charge in [-0.3, -0.25) is 4.79 Å². The molecule has 4 nitrogen and oxygen atoms in total. The van der Waals surface area contributed by atoms with Gasteiger partial charge in [-0.1, -0.05) is 6.07 Å². The standard InChI is InChI=1S/C12H11F2N3O/c1-7-11(12(15)18)17(6-16-7)5-8-9(13)3-2-4-10(8)14/h2-4,6H,5H2,1H3,(H2,15,18). The molecule has 2 N–H and O–H groups in total. The van der Waals surface area contributed by atoms with Crippen molar-refractivity contribution in [2.24, 2.45) is 5.73 Å². The quantitative estimate of drug-likeness (QED) is 0.901. The lowest BCUT2D eigenvalue weighted by molar-refractivity contribution is 0.0991. The summed E-state index contributed by atoms with van der Waals surface area (Å²) in [5, 5.41) is 0. The number of nitrogens with two attached hydrogens (primary N) is 1. The summed E-state index contributed by atoms with van der Waals surface area (Å²) in [5.74, 6) is -2.02. The molecule has 1 heterocycles. The highest BCUT2D eigenvalue weighted by atomic mass is 19.1. The molecule has 1 amide bonds. The summed E-state index contributed by atoms with van der Waals surface area (Å²) in [5.41, 5.74) is 5.66. The molecule has 0 radical (unpaired) electrons. The Labute approximate surface area is 102 Å². The smallest absolute Gasteiger partial charge is 0.267 e. The fourth-order valence-corrected chi connectivity index (χ4v) is 1.78. The van der Waals surface area contributed by atoms with Gasteiger partial charge in [-0.15, -0.1) is 0 Å². The first kappa shape index (κ1) is 12.2. The number of carbonyl (C=O) groups is 1. The van der Waals surface area contributed by atoms with Crippen molar-refractivity contribution in [3.05, 3.63) is 53.1 Å². The van der Waals surface area contributed by atoms with Crippen LogP contribution in [0.4, 0.5) is 8.78 Å². The normalized spacial score (nSPS) is 10.6. The van der Waals surface area contributed by atoms with Gasteiger partial charge in [0.15, 0.2) is 0 Å². The van der Waals surface area contributed by atoms with Gasteiger partial charge in [-0.2, -0.15) is 0 Å². The van der Waals surface area contributed by atoms with Gasteiger partial charge in [0.2, 0.25) is 0 Å². The molecule has 0 spiro atoms. The van der Waals surface area contributed by atoms with Crippen molar-refractivity contribution in [2.45, 2.75) is 13.5 Å². The highest BCUT2D eigenvalue weighted by Gasteiger charge is 2.16. The predicted octanol–water partition coefficient (Wildman–Crippen LogP) is 1.62. The fourth-order valence-electron chi connectivity index (χ4n) is 1.78. The van der Waals surface area contributed by atoms with Crippen LogP contribution < -0.4 is 5.73 Å². The van der Waals surface area contributed by atoms with E-state index < -0.39 is 17.5 Å². The summed E-state index contributed by atoms with van der Waals surface area (Å²) in [6, 6.07) is 3.60. The number of aromatic nitrogens is 2. The van der Waals surface area contributed by atoms with E-state index in [4.69, 9.17) is 5.73 Å². The van der Waals surface area contributed by atoms with Crippen LogP contribution in [0.15, 0.2) is 24.5 Å². The Hall–Kier alpha value is -2.24. The number of hydrogen-bond donors (Lipinski definition) is 1. The lowest BCUT2D eigenvalue weighted by Gasteiger charge is -2.08. The van der Waals surface area contributed by atoms with Gasteiger partial charge in [0.25, 0.3) is 5.91 Å². The summed E-state index contributed by atoms with van der Waals surface area (Å²) >= 11 is 0.